The van der Waals surface area contributed by atoms with E-state index in [0.29, 0.717) is 11.2 Å². The number of rotatable bonds is 7. The van der Waals surface area contributed by atoms with Crippen molar-refractivity contribution in [3.05, 3.63) is 0 Å². The van der Waals surface area contributed by atoms with Crippen molar-refractivity contribution in [1.29, 1.82) is 0 Å². The zero-order chi connectivity index (χ0) is 13.5. The minimum absolute atomic E-state index is 0.00236. The number of thioether (sulfide) groups is 1. The second-order valence-electron chi connectivity index (χ2n) is 5.80. The van der Waals surface area contributed by atoms with E-state index in [-0.39, 0.29) is 17.9 Å². The van der Waals surface area contributed by atoms with Gasteiger partial charge in [-0.15, -0.1) is 0 Å². The summed E-state index contributed by atoms with van der Waals surface area (Å²) in [5.74, 6) is 0.673. The van der Waals surface area contributed by atoms with Crippen LogP contribution in [0.25, 0.3) is 0 Å². The highest BCUT2D eigenvalue weighted by Crippen LogP contribution is 2.29. The highest BCUT2D eigenvalue weighted by molar-refractivity contribution is 8.00. The first-order valence-corrected chi connectivity index (χ1v) is 8.18. The van der Waals surface area contributed by atoms with Crippen LogP contribution in [0.15, 0.2) is 0 Å². The minimum Gasteiger partial charge on any atom is -0.395 e. The van der Waals surface area contributed by atoms with Crippen molar-refractivity contribution in [3.8, 4) is 0 Å². The van der Waals surface area contributed by atoms with E-state index >= 15 is 0 Å². The fraction of sp³-hybridized carbons (Fsp3) is 1.00. The predicted molar refractivity (Wildman–Crippen MR) is 78.8 cm³/mol. The van der Waals surface area contributed by atoms with Gasteiger partial charge in [0, 0.05) is 6.04 Å². The summed E-state index contributed by atoms with van der Waals surface area (Å²) in [6.45, 7) is 4.15. The van der Waals surface area contributed by atoms with Gasteiger partial charge >= 0.3 is 0 Å². The van der Waals surface area contributed by atoms with Gasteiger partial charge in [0.1, 0.15) is 0 Å². The van der Waals surface area contributed by atoms with E-state index in [0.717, 1.165) is 6.42 Å². The number of hydrogen-bond acceptors (Lipinski definition) is 4. The molecule has 3 atom stereocenters. The summed E-state index contributed by atoms with van der Waals surface area (Å²) in [7, 11) is 0. The van der Waals surface area contributed by atoms with Crippen molar-refractivity contribution in [2.75, 3.05) is 6.61 Å². The normalized spacial score (nSPS) is 23.0. The van der Waals surface area contributed by atoms with Gasteiger partial charge in [-0.3, -0.25) is 0 Å². The molecule has 1 aliphatic rings. The third-order valence-electron chi connectivity index (χ3n) is 3.78. The van der Waals surface area contributed by atoms with Crippen molar-refractivity contribution < 1.29 is 10.2 Å². The quantitative estimate of drug-likeness (QED) is 0.666. The fourth-order valence-electron chi connectivity index (χ4n) is 2.80. The van der Waals surface area contributed by atoms with E-state index in [2.05, 4.69) is 13.8 Å². The third-order valence-corrected chi connectivity index (χ3v) is 5.10. The lowest BCUT2D eigenvalue weighted by Crippen LogP contribution is -2.44. The highest BCUT2D eigenvalue weighted by Gasteiger charge is 2.28. The van der Waals surface area contributed by atoms with Crippen LogP contribution in [0.1, 0.15) is 52.4 Å². The standard InChI is InChI=1S/C14H29NO2S/c1-10(2)18-13(9-16)14(17)12(15)8-11-6-4-3-5-7-11/h10-14,16-17H,3-9,15H2,1-2H3/t12-,13-,14-/m0/s1. The van der Waals surface area contributed by atoms with Gasteiger partial charge in [-0.1, -0.05) is 46.0 Å². The van der Waals surface area contributed by atoms with E-state index in [1.807, 2.05) is 0 Å². The lowest BCUT2D eigenvalue weighted by molar-refractivity contribution is 0.103. The Morgan fingerprint density at radius 2 is 1.83 bits per heavy atom. The van der Waals surface area contributed by atoms with Crippen molar-refractivity contribution >= 4 is 11.8 Å². The Bertz CT molecular complexity index is 220. The minimum atomic E-state index is -0.593. The van der Waals surface area contributed by atoms with Gasteiger partial charge in [0.05, 0.1) is 18.0 Å². The van der Waals surface area contributed by atoms with E-state index in [4.69, 9.17) is 5.73 Å². The maximum absolute atomic E-state index is 10.3. The van der Waals surface area contributed by atoms with Crippen LogP contribution in [0, 0.1) is 5.92 Å². The molecule has 1 rings (SSSR count). The molecule has 4 N–H and O–H groups in total. The maximum atomic E-state index is 10.3. The van der Waals surface area contributed by atoms with Crippen molar-refractivity contribution in [2.24, 2.45) is 11.7 Å². The Labute approximate surface area is 116 Å². The molecule has 3 nitrogen and oxygen atoms in total. The Morgan fingerprint density at radius 1 is 1.22 bits per heavy atom. The molecule has 0 aromatic carbocycles. The Hall–Kier alpha value is 0.230. The summed E-state index contributed by atoms with van der Waals surface area (Å²) < 4.78 is 0. The zero-order valence-electron chi connectivity index (χ0n) is 11.7. The predicted octanol–water partition coefficient (Wildman–Crippen LogP) is 2.15. The summed E-state index contributed by atoms with van der Waals surface area (Å²) in [5.41, 5.74) is 6.13. The molecule has 4 heteroatoms. The molecule has 0 unspecified atom stereocenters. The average molecular weight is 275 g/mol. The molecule has 0 spiro atoms. The van der Waals surface area contributed by atoms with Crippen LogP contribution in [0.3, 0.4) is 0 Å². The van der Waals surface area contributed by atoms with Crippen molar-refractivity contribution in [2.45, 2.75) is 75.0 Å². The molecule has 0 radical (unpaired) electrons. The van der Waals surface area contributed by atoms with Crippen molar-refractivity contribution in [1.82, 2.24) is 0 Å². The molecule has 0 saturated heterocycles. The Kier molecular flexibility index (Phi) is 7.61. The Balaban J connectivity index is 2.39. The van der Waals surface area contributed by atoms with E-state index < -0.39 is 6.10 Å². The Morgan fingerprint density at radius 3 is 2.33 bits per heavy atom. The van der Waals surface area contributed by atoms with Gasteiger partial charge < -0.3 is 15.9 Å². The summed E-state index contributed by atoms with van der Waals surface area (Å²) in [6, 6.07) is -0.198. The molecule has 1 saturated carbocycles. The molecule has 18 heavy (non-hydrogen) atoms. The average Bonchev–Trinajstić information content (AvgIpc) is 2.36. The molecular formula is C14H29NO2S. The summed E-state index contributed by atoms with van der Waals surface area (Å²) in [4.78, 5) is 0. The van der Waals surface area contributed by atoms with Crippen LogP contribution >= 0.6 is 11.8 Å². The first kappa shape index (κ1) is 16.3. The van der Waals surface area contributed by atoms with E-state index in [1.54, 1.807) is 11.8 Å². The lowest BCUT2D eigenvalue weighted by Gasteiger charge is -2.31. The molecule has 1 aliphatic carbocycles. The van der Waals surface area contributed by atoms with E-state index in [9.17, 15) is 10.2 Å². The maximum Gasteiger partial charge on any atom is 0.0831 e. The second kappa shape index (κ2) is 8.41. The molecule has 0 heterocycles. The summed E-state index contributed by atoms with van der Waals surface area (Å²) in [5, 5.41) is 19.9. The van der Waals surface area contributed by atoms with E-state index in [1.165, 1.54) is 32.1 Å². The third kappa shape index (κ3) is 5.47. The number of aliphatic hydroxyl groups excluding tert-OH is 2. The van der Waals surface area contributed by atoms with Gasteiger partial charge in [0.15, 0.2) is 0 Å². The molecule has 108 valence electrons. The van der Waals surface area contributed by atoms with Gasteiger partial charge in [-0.05, 0) is 17.6 Å². The molecule has 0 aliphatic heterocycles. The number of aliphatic hydroxyl groups is 2. The highest BCUT2D eigenvalue weighted by atomic mass is 32.2. The number of nitrogens with two attached hydrogens (primary N) is 1. The second-order valence-corrected chi connectivity index (χ2v) is 7.62. The topological polar surface area (TPSA) is 66.5 Å². The van der Waals surface area contributed by atoms with Crippen LogP contribution in [0.5, 0.6) is 0 Å². The van der Waals surface area contributed by atoms with Crippen LogP contribution in [0.4, 0.5) is 0 Å². The first-order valence-electron chi connectivity index (χ1n) is 7.24. The van der Waals surface area contributed by atoms with Gasteiger partial charge in [-0.2, -0.15) is 11.8 Å². The van der Waals surface area contributed by atoms with Crippen LogP contribution in [0.2, 0.25) is 0 Å². The van der Waals surface area contributed by atoms with Crippen LogP contribution < -0.4 is 5.73 Å². The van der Waals surface area contributed by atoms with Gasteiger partial charge in [0.25, 0.3) is 0 Å². The van der Waals surface area contributed by atoms with Crippen LogP contribution in [-0.4, -0.2) is 39.5 Å². The number of hydrogen-bond donors (Lipinski definition) is 3. The monoisotopic (exact) mass is 275 g/mol. The zero-order valence-corrected chi connectivity index (χ0v) is 12.5. The van der Waals surface area contributed by atoms with Crippen molar-refractivity contribution in [3.63, 3.8) is 0 Å². The molecule has 0 aromatic rings. The largest absolute Gasteiger partial charge is 0.395 e. The SMILES string of the molecule is CC(C)S[C@@H](CO)[C@@H](O)[C@@H](N)CC1CCCCC1. The van der Waals surface area contributed by atoms with Crippen LogP contribution in [-0.2, 0) is 0 Å². The molecule has 0 amide bonds. The molecular weight excluding hydrogens is 246 g/mol. The fourth-order valence-corrected chi connectivity index (χ4v) is 3.95. The first-order chi connectivity index (χ1) is 8.54. The molecule has 1 fully saturated rings. The van der Waals surface area contributed by atoms with Gasteiger partial charge in [0.2, 0.25) is 0 Å². The van der Waals surface area contributed by atoms with Gasteiger partial charge in [-0.25, -0.2) is 0 Å². The summed E-state index contributed by atoms with van der Waals surface area (Å²) >= 11 is 1.62. The molecule has 0 bridgehead atoms. The molecule has 0 aromatic heterocycles. The lowest BCUT2D eigenvalue weighted by atomic mass is 9.83. The summed E-state index contributed by atoms with van der Waals surface area (Å²) in [6.07, 6.45) is 6.76. The smallest absolute Gasteiger partial charge is 0.0831 e.